The molecule has 0 aromatic carbocycles. The fourth-order valence-corrected chi connectivity index (χ4v) is 1.30. The van der Waals surface area contributed by atoms with Gasteiger partial charge in [-0.05, 0) is 26.3 Å². The lowest BCUT2D eigenvalue weighted by atomic mass is 10.3. The maximum atomic E-state index is 11.5. The molecule has 16 heavy (non-hydrogen) atoms. The van der Waals surface area contributed by atoms with Gasteiger partial charge in [0.1, 0.15) is 6.54 Å². The van der Waals surface area contributed by atoms with Crippen LogP contribution in [0.5, 0.6) is 0 Å². The summed E-state index contributed by atoms with van der Waals surface area (Å²) in [6, 6.07) is 4.90. The zero-order chi connectivity index (χ0) is 12.1. The van der Waals surface area contributed by atoms with Gasteiger partial charge in [-0.15, -0.1) is 0 Å². The van der Waals surface area contributed by atoms with E-state index in [2.05, 4.69) is 0 Å². The minimum Gasteiger partial charge on any atom is -0.461 e. The van der Waals surface area contributed by atoms with E-state index in [4.69, 9.17) is 4.74 Å². The van der Waals surface area contributed by atoms with E-state index in [0.29, 0.717) is 0 Å². The molecule has 0 aliphatic heterocycles. The van der Waals surface area contributed by atoms with E-state index in [0.717, 1.165) is 12.1 Å². The van der Waals surface area contributed by atoms with Crippen molar-refractivity contribution in [2.45, 2.75) is 39.8 Å². The van der Waals surface area contributed by atoms with Gasteiger partial charge in [-0.2, -0.15) is 0 Å². The first-order valence-electron chi connectivity index (χ1n) is 5.40. The number of hydrogen-bond donors (Lipinski definition) is 0. The Labute approximate surface area is 94.9 Å². The molecule has 4 heteroatoms. The third-order valence-corrected chi connectivity index (χ3v) is 2.46. The van der Waals surface area contributed by atoms with Crippen molar-refractivity contribution in [3.8, 4) is 0 Å². The van der Waals surface area contributed by atoms with Crippen LogP contribution >= 0.6 is 0 Å². The number of ether oxygens (including phenoxy) is 1. The Kier molecular flexibility index (Phi) is 4.28. The predicted octanol–water partition coefficient (Wildman–Crippen LogP) is 1.50. The van der Waals surface area contributed by atoms with Gasteiger partial charge in [0.15, 0.2) is 0 Å². The highest BCUT2D eigenvalue weighted by Crippen LogP contribution is 1.99. The van der Waals surface area contributed by atoms with Crippen molar-refractivity contribution in [1.82, 2.24) is 4.57 Å². The Bertz CT molecular complexity index is 423. The quantitative estimate of drug-likeness (QED) is 0.727. The second-order valence-electron chi connectivity index (χ2n) is 3.80. The molecule has 0 aliphatic rings. The van der Waals surface area contributed by atoms with Crippen molar-refractivity contribution >= 4 is 5.97 Å². The van der Waals surface area contributed by atoms with Crippen LogP contribution in [0.15, 0.2) is 23.0 Å². The van der Waals surface area contributed by atoms with Gasteiger partial charge in [0.05, 0.1) is 6.10 Å². The molecule has 1 aromatic rings. The number of aromatic nitrogens is 1. The molecule has 0 spiro atoms. The Morgan fingerprint density at radius 1 is 1.50 bits per heavy atom. The minimum atomic E-state index is -0.370. The van der Waals surface area contributed by atoms with Crippen LogP contribution in [-0.4, -0.2) is 16.6 Å². The van der Waals surface area contributed by atoms with E-state index in [9.17, 15) is 9.59 Å². The number of carbonyl (C=O) groups excluding carboxylic acids is 1. The molecule has 0 fully saturated rings. The van der Waals surface area contributed by atoms with Gasteiger partial charge < -0.3 is 9.30 Å². The molecular formula is C12H17NO3. The van der Waals surface area contributed by atoms with Gasteiger partial charge in [-0.3, -0.25) is 9.59 Å². The molecule has 0 radical (unpaired) electrons. The fraction of sp³-hybridized carbons (Fsp3) is 0.500. The average Bonchev–Trinajstić information content (AvgIpc) is 2.23. The van der Waals surface area contributed by atoms with Crippen LogP contribution in [0.2, 0.25) is 0 Å². The Morgan fingerprint density at radius 3 is 2.75 bits per heavy atom. The van der Waals surface area contributed by atoms with Gasteiger partial charge in [-0.1, -0.05) is 13.0 Å². The number of aryl methyl sites for hydroxylation is 1. The molecule has 1 aromatic heterocycles. The number of esters is 1. The highest BCUT2D eigenvalue weighted by atomic mass is 16.5. The normalized spacial score (nSPS) is 12.2. The maximum Gasteiger partial charge on any atom is 0.326 e. The lowest BCUT2D eigenvalue weighted by Crippen LogP contribution is -2.27. The van der Waals surface area contributed by atoms with Crippen LogP contribution in [0.4, 0.5) is 0 Å². The third kappa shape index (κ3) is 3.22. The summed E-state index contributed by atoms with van der Waals surface area (Å²) in [6.07, 6.45) is 0.668. The van der Waals surface area contributed by atoms with Crippen molar-refractivity contribution in [1.29, 1.82) is 0 Å². The second-order valence-corrected chi connectivity index (χ2v) is 3.80. The monoisotopic (exact) mass is 223 g/mol. The van der Waals surface area contributed by atoms with Crippen molar-refractivity contribution in [3.63, 3.8) is 0 Å². The summed E-state index contributed by atoms with van der Waals surface area (Å²) in [7, 11) is 0. The first-order valence-corrected chi connectivity index (χ1v) is 5.40. The van der Waals surface area contributed by atoms with Crippen LogP contribution in [0.25, 0.3) is 0 Å². The lowest BCUT2D eigenvalue weighted by Gasteiger charge is -2.12. The highest BCUT2D eigenvalue weighted by molar-refractivity contribution is 5.69. The van der Waals surface area contributed by atoms with Gasteiger partial charge in [-0.25, -0.2) is 0 Å². The standard InChI is InChI=1S/C12H17NO3/c1-4-10(3)16-12(15)8-13-9(2)6-5-7-11(13)14/h5-7,10H,4,8H2,1-3H3. The summed E-state index contributed by atoms with van der Waals surface area (Å²) in [5, 5.41) is 0. The maximum absolute atomic E-state index is 11.5. The molecule has 1 unspecified atom stereocenters. The number of nitrogens with zero attached hydrogens (tertiary/aromatic N) is 1. The van der Waals surface area contributed by atoms with Gasteiger partial charge in [0, 0.05) is 11.8 Å². The summed E-state index contributed by atoms with van der Waals surface area (Å²) in [5.41, 5.74) is 0.578. The molecule has 1 atom stereocenters. The van der Waals surface area contributed by atoms with E-state index in [1.165, 1.54) is 10.6 Å². The smallest absolute Gasteiger partial charge is 0.326 e. The van der Waals surface area contributed by atoms with Crippen LogP contribution in [0.1, 0.15) is 26.0 Å². The lowest BCUT2D eigenvalue weighted by molar-refractivity contribution is -0.149. The summed E-state index contributed by atoms with van der Waals surface area (Å²) in [5.74, 6) is -0.370. The van der Waals surface area contributed by atoms with Gasteiger partial charge in [0.25, 0.3) is 5.56 Å². The Hall–Kier alpha value is -1.58. The molecule has 0 N–H and O–H groups in total. The fourth-order valence-electron chi connectivity index (χ4n) is 1.30. The second kappa shape index (κ2) is 5.49. The van der Waals surface area contributed by atoms with E-state index in [-0.39, 0.29) is 24.2 Å². The molecule has 0 saturated carbocycles. The first-order chi connectivity index (χ1) is 7.54. The molecule has 0 bridgehead atoms. The van der Waals surface area contributed by atoms with Crippen molar-refractivity contribution < 1.29 is 9.53 Å². The van der Waals surface area contributed by atoms with Crippen LogP contribution in [-0.2, 0) is 16.1 Å². The number of rotatable bonds is 4. The summed E-state index contributed by atoms with van der Waals surface area (Å²) >= 11 is 0. The molecule has 0 aliphatic carbocycles. The van der Waals surface area contributed by atoms with E-state index < -0.39 is 0 Å². The average molecular weight is 223 g/mol. The Balaban J connectivity index is 2.74. The van der Waals surface area contributed by atoms with Gasteiger partial charge >= 0.3 is 5.97 Å². The summed E-state index contributed by atoms with van der Waals surface area (Å²) < 4.78 is 6.52. The van der Waals surface area contributed by atoms with Crippen molar-refractivity contribution in [3.05, 3.63) is 34.2 Å². The van der Waals surface area contributed by atoms with Crippen LogP contribution in [0.3, 0.4) is 0 Å². The first kappa shape index (κ1) is 12.5. The zero-order valence-electron chi connectivity index (χ0n) is 9.90. The minimum absolute atomic E-state index is 0.0180. The zero-order valence-corrected chi connectivity index (χ0v) is 9.90. The van der Waals surface area contributed by atoms with E-state index >= 15 is 0 Å². The van der Waals surface area contributed by atoms with Gasteiger partial charge in [0.2, 0.25) is 0 Å². The Morgan fingerprint density at radius 2 is 2.19 bits per heavy atom. The summed E-state index contributed by atoms with van der Waals surface area (Å²) in [6.45, 7) is 5.55. The van der Waals surface area contributed by atoms with Crippen LogP contribution < -0.4 is 5.56 Å². The molecule has 0 amide bonds. The third-order valence-electron chi connectivity index (χ3n) is 2.46. The van der Waals surface area contributed by atoms with E-state index in [1.807, 2.05) is 13.8 Å². The highest BCUT2D eigenvalue weighted by Gasteiger charge is 2.10. The predicted molar refractivity (Wildman–Crippen MR) is 61.3 cm³/mol. The largest absolute Gasteiger partial charge is 0.461 e. The SMILES string of the molecule is CCC(C)OC(=O)Cn1c(C)cccc1=O. The van der Waals surface area contributed by atoms with E-state index in [1.54, 1.807) is 19.1 Å². The molecular weight excluding hydrogens is 206 g/mol. The molecule has 4 nitrogen and oxygen atoms in total. The molecule has 1 heterocycles. The number of hydrogen-bond acceptors (Lipinski definition) is 3. The number of pyridine rings is 1. The van der Waals surface area contributed by atoms with Crippen molar-refractivity contribution in [2.75, 3.05) is 0 Å². The molecule has 1 rings (SSSR count). The molecule has 0 saturated heterocycles. The topological polar surface area (TPSA) is 48.3 Å². The van der Waals surface area contributed by atoms with Crippen molar-refractivity contribution in [2.24, 2.45) is 0 Å². The molecule has 88 valence electrons. The van der Waals surface area contributed by atoms with Crippen LogP contribution in [0, 0.1) is 6.92 Å². The number of carbonyl (C=O) groups is 1. The summed E-state index contributed by atoms with van der Waals surface area (Å²) in [4.78, 5) is 23.0.